The number of amides is 1. The number of halogens is 3. The molecule has 9 heteroatoms. The molecule has 0 saturated heterocycles. The number of hydrogen-bond acceptors (Lipinski definition) is 4. The summed E-state index contributed by atoms with van der Waals surface area (Å²) in [6.07, 6.45) is -4.50. The summed E-state index contributed by atoms with van der Waals surface area (Å²) in [4.78, 5) is 11.1. The lowest BCUT2D eigenvalue weighted by Crippen LogP contribution is -2.10. The zero-order valence-electron chi connectivity index (χ0n) is 14.2. The predicted molar refractivity (Wildman–Crippen MR) is 90.7 cm³/mol. The molecule has 0 saturated carbocycles. The van der Waals surface area contributed by atoms with Crippen molar-refractivity contribution in [1.82, 2.24) is 14.8 Å². The highest BCUT2D eigenvalue weighted by Crippen LogP contribution is 2.36. The van der Waals surface area contributed by atoms with E-state index in [2.05, 4.69) is 10.2 Å². The van der Waals surface area contributed by atoms with Crippen LogP contribution in [0.15, 0.2) is 48.5 Å². The van der Waals surface area contributed by atoms with E-state index in [9.17, 15) is 18.0 Å². The average Bonchev–Trinajstić information content (AvgIpc) is 3.00. The van der Waals surface area contributed by atoms with E-state index in [4.69, 9.17) is 10.5 Å². The number of rotatable bonds is 5. The maximum atomic E-state index is 13.2. The number of aromatic nitrogens is 3. The van der Waals surface area contributed by atoms with Gasteiger partial charge in [0.05, 0.1) is 5.56 Å². The van der Waals surface area contributed by atoms with Gasteiger partial charge in [-0.05, 0) is 30.3 Å². The van der Waals surface area contributed by atoms with Crippen LogP contribution in [0.1, 0.15) is 21.7 Å². The monoisotopic (exact) mass is 376 g/mol. The Labute approximate surface area is 152 Å². The lowest BCUT2D eigenvalue weighted by atomic mass is 10.1. The third kappa shape index (κ3) is 3.91. The largest absolute Gasteiger partial charge is 0.486 e. The van der Waals surface area contributed by atoms with Gasteiger partial charge in [-0.15, -0.1) is 10.2 Å². The van der Waals surface area contributed by atoms with Crippen LogP contribution in [0.5, 0.6) is 5.75 Å². The summed E-state index contributed by atoms with van der Waals surface area (Å²) in [5, 5.41) is 7.80. The molecular formula is C18H15F3N4O2. The van der Waals surface area contributed by atoms with Gasteiger partial charge in [-0.1, -0.05) is 18.2 Å². The first kappa shape index (κ1) is 18.4. The molecular weight excluding hydrogens is 361 g/mol. The minimum absolute atomic E-state index is 0.00635. The number of alkyl halides is 3. The van der Waals surface area contributed by atoms with Gasteiger partial charge in [-0.25, -0.2) is 0 Å². The summed E-state index contributed by atoms with van der Waals surface area (Å²) in [6.45, 7) is -0.00635. The van der Waals surface area contributed by atoms with Crippen LogP contribution in [0.3, 0.4) is 0 Å². The number of primary amides is 1. The molecule has 0 aliphatic rings. The molecule has 0 aliphatic heterocycles. The average molecular weight is 376 g/mol. The summed E-state index contributed by atoms with van der Waals surface area (Å²) in [5.74, 6) is 0.342. The van der Waals surface area contributed by atoms with Crippen LogP contribution in [0.2, 0.25) is 0 Å². The van der Waals surface area contributed by atoms with Crippen molar-refractivity contribution < 1.29 is 22.7 Å². The molecule has 1 aromatic heterocycles. The van der Waals surface area contributed by atoms with Crippen molar-refractivity contribution >= 4 is 5.91 Å². The number of carbonyl (C=O) groups is 1. The van der Waals surface area contributed by atoms with Gasteiger partial charge in [-0.2, -0.15) is 13.2 Å². The second-order valence-electron chi connectivity index (χ2n) is 5.72. The molecule has 3 aromatic rings. The highest BCUT2D eigenvalue weighted by atomic mass is 19.4. The summed E-state index contributed by atoms with van der Waals surface area (Å²) in [7, 11) is 1.57. The van der Waals surface area contributed by atoms with E-state index in [1.54, 1.807) is 19.2 Å². The fourth-order valence-corrected chi connectivity index (χ4v) is 2.51. The van der Waals surface area contributed by atoms with E-state index >= 15 is 0 Å². The second-order valence-corrected chi connectivity index (χ2v) is 5.72. The molecule has 140 valence electrons. The number of nitrogens with two attached hydrogens (primary N) is 1. The fraction of sp³-hybridized carbons (Fsp3) is 0.167. The zero-order valence-corrected chi connectivity index (χ0v) is 14.2. The number of ether oxygens (including phenoxy) is 1. The maximum absolute atomic E-state index is 13.2. The molecule has 0 aliphatic carbocycles. The van der Waals surface area contributed by atoms with E-state index in [0.717, 1.165) is 6.07 Å². The van der Waals surface area contributed by atoms with Gasteiger partial charge in [0.1, 0.15) is 12.4 Å². The summed E-state index contributed by atoms with van der Waals surface area (Å²) in [5.41, 5.74) is 4.67. The first-order valence-electron chi connectivity index (χ1n) is 7.85. The van der Waals surface area contributed by atoms with Crippen molar-refractivity contribution in [3.63, 3.8) is 0 Å². The molecule has 3 rings (SSSR count). The predicted octanol–water partition coefficient (Wildman–Crippen LogP) is 3.18. The van der Waals surface area contributed by atoms with Crippen LogP contribution in [-0.4, -0.2) is 20.7 Å². The van der Waals surface area contributed by atoms with Gasteiger partial charge < -0.3 is 15.0 Å². The van der Waals surface area contributed by atoms with Gasteiger partial charge in [0.25, 0.3) is 0 Å². The van der Waals surface area contributed by atoms with Crippen LogP contribution in [-0.2, 0) is 19.8 Å². The lowest BCUT2D eigenvalue weighted by Gasteiger charge is -2.12. The Balaban J connectivity index is 1.81. The van der Waals surface area contributed by atoms with Gasteiger partial charge in [0.2, 0.25) is 5.91 Å². The second kappa shape index (κ2) is 7.10. The maximum Gasteiger partial charge on any atom is 0.417 e. The summed E-state index contributed by atoms with van der Waals surface area (Å²) >= 11 is 0. The van der Waals surface area contributed by atoms with Gasteiger partial charge >= 0.3 is 6.18 Å². The van der Waals surface area contributed by atoms with Crippen molar-refractivity contribution in [3.8, 4) is 17.1 Å². The minimum atomic E-state index is -4.50. The molecule has 2 aromatic carbocycles. The quantitative estimate of drug-likeness (QED) is 0.741. The molecule has 0 radical (unpaired) electrons. The smallest absolute Gasteiger partial charge is 0.417 e. The molecule has 1 heterocycles. The molecule has 0 spiro atoms. The standard InChI is InChI=1S/C18H15F3N4O2/c1-25-15(10-27-12-8-6-11(7-9-12)16(22)26)23-24-17(25)13-4-2-3-5-14(13)18(19,20)21/h2-9H,10H2,1H3,(H2,22,26). The third-order valence-electron chi connectivity index (χ3n) is 3.95. The van der Waals surface area contributed by atoms with Crippen molar-refractivity contribution in [2.24, 2.45) is 12.8 Å². The van der Waals surface area contributed by atoms with Crippen molar-refractivity contribution in [2.75, 3.05) is 0 Å². The first-order chi connectivity index (χ1) is 12.8. The SMILES string of the molecule is Cn1c(COc2ccc(C(N)=O)cc2)nnc1-c1ccccc1C(F)(F)F. The molecule has 1 amide bonds. The Kier molecular flexibility index (Phi) is 4.85. The topological polar surface area (TPSA) is 83.0 Å². The van der Waals surface area contributed by atoms with Gasteiger partial charge in [0, 0.05) is 18.2 Å². The van der Waals surface area contributed by atoms with E-state index in [-0.39, 0.29) is 18.0 Å². The highest BCUT2D eigenvalue weighted by Gasteiger charge is 2.34. The van der Waals surface area contributed by atoms with E-state index < -0.39 is 17.6 Å². The van der Waals surface area contributed by atoms with Crippen LogP contribution in [0.25, 0.3) is 11.4 Å². The molecule has 27 heavy (non-hydrogen) atoms. The van der Waals surface area contributed by atoms with Gasteiger partial charge in [0.15, 0.2) is 11.6 Å². The Morgan fingerprint density at radius 2 is 1.78 bits per heavy atom. The zero-order chi connectivity index (χ0) is 19.6. The molecule has 2 N–H and O–H groups in total. The molecule has 6 nitrogen and oxygen atoms in total. The third-order valence-corrected chi connectivity index (χ3v) is 3.95. The first-order valence-corrected chi connectivity index (χ1v) is 7.85. The minimum Gasteiger partial charge on any atom is -0.486 e. The highest BCUT2D eigenvalue weighted by molar-refractivity contribution is 5.92. The molecule has 0 bridgehead atoms. The number of hydrogen-bond donors (Lipinski definition) is 1. The Bertz CT molecular complexity index is 965. The number of nitrogens with zero attached hydrogens (tertiary/aromatic N) is 3. The van der Waals surface area contributed by atoms with E-state index in [0.29, 0.717) is 17.1 Å². The van der Waals surface area contributed by atoms with E-state index in [1.165, 1.54) is 34.9 Å². The Morgan fingerprint density at radius 3 is 2.41 bits per heavy atom. The molecule has 0 atom stereocenters. The number of carbonyl (C=O) groups excluding carboxylic acids is 1. The van der Waals surface area contributed by atoms with Gasteiger partial charge in [-0.3, -0.25) is 4.79 Å². The van der Waals surface area contributed by atoms with Crippen molar-refractivity contribution in [2.45, 2.75) is 12.8 Å². The lowest BCUT2D eigenvalue weighted by molar-refractivity contribution is -0.137. The van der Waals surface area contributed by atoms with Crippen LogP contribution in [0, 0.1) is 0 Å². The van der Waals surface area contributed by atoms with Crippen LogP contribution < -0.4 is 10.5 Å². The normalized spacial score (nSPS) is 11.4. The molecule has 0 fully saturated rings. The summed E-state index contributed by atoms with van der Waals surface area (Å²) < 4.78 is 46.7. The molecule has 0 unspecified atom stereocenters. The Hall–Kier alpha value is -3.36. The van der Waals surface area contributed by atoms with E-state index in [1.807, 2.05) is 0 Å². The van der Waals surface area contributed by atoms with Crippen molar-refractivity contribution in [1.29, 1.82) is 0 Å². The summed E-state index contributed by atoms with van der Waals surface area (Å²) in [6, 6.07) is 11.3. The Morgan fingerprint density at radius 1 is 1.11 bits per heavy atom. The van der Waals surface area contributed by atoms with Crippen LogP contribution >= 0.6 is 0 Å². The van der Waals surface area contributed by atoms with Crippen LogP contribution in [0.4, 0.5) is 13.2 Å². The number of benzene rings is 2. The fourth-order valence-electron chi connectivity index (χ4n) is 2.51. The van der Waals surface area contributed by atoms with Crippen molar-refractivity contribution in [3.05, 3.63) is 65.5 Å².